The predicted octanol–water partition coefficient (Wildman–Crippen LogP) is 3.48. The van der Waals surface area contributed by atoms with E-state index in [9.17, 15) is 19.3 Å². The molecule has 0 aromatic heterocycles. The summed E-state index contributed by atoms with van der Waals surface area (Å²) in [6.07, 6.45) is 0. The number of nitriles is 1. The number of carbonyl (C=O) groups is 1. The number of halogens is 1. The second-order valence-corrected chi connectivity index (χ2v) is 5.87. The van der Waals surface area contributed by atoms with Crippen molar-refractivity contribution in [2.45, 2.75) is 9.79 Å². The highest BCUT2D eigenvalue weighted by Gasteiger charge is 2.21. The van der Waals surface area contributed by atoms with Gasteiger partial charge in [0.1, 0.15) is 12.4 Å². The molecule has 122 valence electrons. The molecule has 0 aliphatic heterocycles. The first-order valence-corrected chi connectivity index (χ1v) is 7.59. The number of carbonyl (C=O) groups excluding carboxylic acids is 1. The molecule has 0 saturated carbocycles. The van der Waals surface area contributed by atoms with E-state index in [1.54, 1.807) is 18.2 Å². The molecule has 0 aliphatic rings. The van der Waals surface area contributed by atoms with Gasteiger partial charge in [0.15, 0.2) is 0 Å². The molecule has 0 aliphatic carbocycles. The van der Waals surface area contributed by atoms with Crippen molar-refractivity contribution < 1.29 is 14.1 Å². The number of nitrogens with zero attached hydrogens (tertiary/aromatic N) is 3. The molecular formula is C16H12FN3O3S. The number of rotatable bonds is 5. The summed E-state index contributed by atoms with van der Waals surface area (Å²) >= 11 is 0.997. The summed E-state index contributed by atoms with van der Waals surface area (Å²) in [5.41, 5.74) is -0.197. The molecule has 0 unspecified atom stereocenters. The minimum atomic E-state index is -0.612. The van der Waals surface area contributed by atoms with E-state index in [4.69, 9.17) is 5.26 Å². The molecule has 0 spiro atoms. The minimum Gasteiger partial charge on any atom is -0.328 e. The lowest BCUT2D eigenvalue weighted by Gasteiger charge is -2.15. The molecule has 1 amide bonds. The van der Waals surface area contributed by atoms with Crippen molar-refractivity contribution >= 4 is 23.4 Å². The van der Waals surface area contributed by atoms with Gasteiger partial charge in [-0.3, -0.25) is 14.9 Å². The summed E-state index contributed by atoms with van der Waals surface area (Å²) in [6.45, 7) is -0.161. The van der Waals surface area contributed by atoms with Crippen molar-refractivity contribution in [1.82, 2.24) is 4.90 Å². The summed E-state index contributed by atoms with van der Waals surface area (Å²) in [4.78, 5) is 24.6. The van der Waals surface area contributed by atoms with Gasteiger partial charge in [-0.25, -0.2) is 4.39 Å². The van der Waals surface area contributed by atoms with Crippen LogP contribution >= 0.6 is 11.8 Å². The SMILES string of the molecule is CN(CC#N)C(=O)c1cc([N+](=O)[O-])ccc1Sc1ccccc1F. The number of non-ortho nitro benzene ring substituents is 1. The highest BCUT2D eigenvalue weighted by atomic mass is 32.2. The smallest absolute Gasteiger partial charge is 0.270 e. The summed E-state index contributed by atoms with van der Waals surface area (Å²) in [6, 6.07) is 11.7. The van der Waals surface area contributed by atoms with E-state index in [2.05, 4.69) is 0 Å². The van der Waals surface area contributed by atoms with Gasteiger partial charge in [-0.15, -0.1) is 0 Å². The van der Waals surface area contributed by atoms with Crippen LogP contribution in [0.25, 0.3) is 0 Å². The highest BCUT2D eigenvalue weighted by molar-refractivity contribution is 7.99. The van der Waals surface area contributed by atoms with Crippen LogP contribution in [0.4, 0.5) is 10.1 Å². The number of nitro benzene ring substituents is 1. The zero-order chi connectivity index (χ0) is 17.7. The van der Waals surface area contributed by atoms with Crippen LogP contribution in [0, 0.1) is 27.3 Å². The van der Waals surface area contributed by atoms with Crippen LogP contribution in [0.3, 0.4) is 0 Å². The average Bonchev–Trinajstić information content (AvgIpc) is 2.56. The maximum Gasteiger partial charge on any atom is 0.270 e. The lowest BCUT2D eigenvalue weighted by Crippen LogP contribution is -2.27. The topological polar surface area (TPSA) is 87.2 Å². The first kappa shape index (κ1) is 17.4. The first-order chi connectivity index (χ1) is 11.4. The highest BCUT2D eigenvalue weighted by Crippen LogP contribution is 2.34. The van der Waals surface area contributed by atoms with E-state index in [0.29, 0.717) is 9.79 Å². The Labute approximate surface area is 141 Å². The van der Waals surface area contributed by atoms with E-state index < -0.39 is 16.6 Å². The number of amides is 1. The van der Waals surface area contributed by atoms with Crippen LogP contribution < -0.4 is 0 Å². The fourth-order valence-corrected chi connectivity index (χ4v) is 2.86. The third-order valence-electron chi connectivity index (χ3n) is 3.12. The van der Waals surface area contributed by atoms with E-state index in [1.807, 2.05) is 6.07 Å². The summed E-state index contributed by atoms with van der Waals surface area (Å²) in [7, 11) is 1.42. The Bertz CT molecular complexity index is 836. The van der Waals surface area contributed by atoms with E-state index in [1.165, 1.54) is 25.2 Å². The zero-order valence-electron chi connectivity index (χ0n) is 12.6. The second-order valence-electron chi connectivity index (χ2n) is 4.79. The molecule has 2 rings (SSSR count). The summed E-state index contributed by atoms with van der Waals surface area (Å²) < 4.78 is 13.8. The normalized spacial score (nSPS) is 10.0. The van der Waals surface area contributed by atoms with Gasteiger partial charge in [-0.2, -0.15) is 5.26 Å². The van der Waals surface area contributed by atoms with Crippen molar-refractivity contribution in [2.75, 3.05) is 13.6 Å². The Morgan fingerprint density at radius 2 is 2.04 bits per heavy atom. The Morgan fingerprint density at radius 1 is 1.33 bits per heavy atom. The van der Waals surface area contributed by atoms with Crippen molar-refractivity contribution in [3.8, 4) is 6.07 Å². The number of hydrogen-bond donors (Lipinski definition) is 0. The van der Waals surface area contributed by atoms with Crippen LogP contribution in [0.2, 0.25) is 0 Å². The van der Waals surface area contributed by atoms with Crippen LogP contribution in [0.15, 0.2) is 52.3 Å². The van der Waals surface area contributed by atoms with E-state index in [0.717, 1.165) is 22.7 Å². The molecule has 0 N–H and O–H groups in total. The van der Waals surface area contributed by atoms with Crippen LogP contribution in [-0.2, 0) is 0 Å². The Morgan fingerprint density at radius 3 is 2.67 bits per heavy atom. The van der Waals surface area contributed by atoms with Crippen LogP contribution in [-0.4, -0.2) is 29.3 Å². The largest absolute Gasteiger partial charge is 0.328 e. The molecule has 8 heteroatoms. The quantitative estimate of drug-likeness (QED) is 0.470. The van der Waals surface area contributed by atoms with Gasteiger partial charge in [-0.1, -0.05) is 23.9 Å². The first-order valence-electron chi connectivity index (χ1n) is 6.77. The van der Waals surface area contributed by atoms with E-state index >= 15 is 0 Å². The van der Waals surface area contributed by atoms with Crippen molar-refractivity contribution in [1.29, 1.82) is 5.26 Å². The molecule has 0 bridgehead atoms. The molecule has 2 aromatic rings. The maximum atomic E-state index is 13.8. The molecule has 0 atom stereocenters. The van der Waals surface area contributed by atoms with Crippen molar-refractivity contribution in [3.05, 3.63) is 64.0 Å². The molecule has 0 saturated heterocycles. The van der Waals surface area contributed by atoms with Gasteiger partial charge in [0.05, 0.1) is 16.6 Å². The Balaban J connectivity index is 2.47. The van der Waals surface area contributed by atoms with Crippen molar-refractivity contribution in [2.24, 2.45) is 0 Å². The lowest BCUT2D eigenvalue weighted by molar-refractivity contribution is -0.384. The van der Waals surface area contributed by atoms with Gasteiger partial charge in [-0.05, 0) is 18.2 Å². The molecule has 0 heterocycles. The molecule has 0 fully saturated rings. The molecule has 0 radical (unpaired) electrons. The Hall–Kier alpha value is -2.92. The monoisotopic (exact) mass is 345 g/mol. The van der Waals surface area contributed by atoms with Gasteiger partial charge >= 0.3 is 0 Å². The standard InChI is InChI=1S/C16H12FN3O3S/c1-19(9-8-18)16(21)12-10-11(20(22)23)6-7-14(12)24-15-5-3-2-4-13(15)17/h2-7,10H,9H2,1H3. The molecule has 6 nitrogen and oxygen atoms in total. The Kier molecular flexibility index (Phi) is 5.50. The number of hydrogen-bond acceptors (Lipinski definition) is 5. The molecule has 2 aromatic carbocycles. The van der Waals surface area contributed by atoms with Gasteiger partial charge < -0.3 is 4.90 Å². The predicted molar refractivity (Wildman–Crippen MR) is 86.2 cm³/mol. The van der Waals surface area contributed by atoms with Crippen LogP contribution in [0.1, 0.15) is 10.4 Å². The third-order valence-corrected chi connectivity index (χ3v) is 4.24. The van der Waals surface area contributed by atoms with Gasteiger partial charge in [0.25, 0.3) is 11.6 Å². The zero-order valence-corrected chi connectivity index (χ0v) is 13.4. The average molecular weight is 345 g/mol. The summed E-state index contributed by atoms with van der Waals surface area (Å²) in [5.74, 6) is -0.997. The van der Waals surface area contributed by atoms with Gasteiger partial charge in [0.2, 0.25) is 0 Å². The van der Waals surface area contributed by atoms with Gasteiger partial charge in [0, 0.05) is 29.0 Å². The maximum absolute atomic E-state index is 13.8. The minimum absolute atomic E-state index is 0.0511. The van der Waals surface area contributed by atoms with Crippen molar-refractivity contribution in [3.63, 3.8) is 0 Å². The fourth-order valence-electron chi connectivity index (χ4n) is 1.92. The summed E-state index contributed by atoms with van der Waals surface area (Å²) in [5, 5.41) is 19.7. The van der Waals surface area contributed by atoms with Crippen LogP contribution in [0.5, 0.6) is 0 Å². The third kappa shape index (κ3) is 3.88. The lowest BCUT2D eigenvalue weighted by atomic mass is 10.1. The van der Waals surface area contributed by atoms with E-state index in [-0.39, 0.29) is 17.8 Å². The number of benzene rings is 2. The fraction of sp³-hybridized carbons (Fsp3) is 0.125. The second kappa shape index (κ2) is 7.57. The number of nitro groups is 1. The molecular weight excluding hydrogens is 333 g/mol. The molecule has 24 heavy (non-hydrogen) atoms.